The van der Waals surface area contributed by atoms with Gasteiger partial charge in [0.05, 0.1) is 24.1 Å². The van der Waals surface area contributed by atoms with Crippen LogP contribution in [0.1, 0.15) is 80.9 Å². The number of fused-ring (bicyclic) bond motifs is 6. The number of carbonyl (C=O) groups excluding carboxylic acids is 2. The fourth-order valence-electron chi connectivity index (χ4n) is 8.88. The van der Waals surface area contributed by atoms with E-state index in [0.717, 1.165) is 88.6 Å². The molecule has 5 aliphatic rings. The van der Waals surface area contributed by atoms with Crippen molar-refractivity contribution >= 4 is 32.9 Å². The van der Waals surface area contributed by atoms with Crippen molar-refractivity contribution in [1.29, 1.82) is 0 Å². The highest BCUT2D eigenvalue weighted by Gasteiger charge is 2.48. The van der Waals surface area contributed by atoms with Crippen LogP contribution in [-0.4, -0.2) is 93.3 Å². The maximum Gasteiger partial charge on any atom is 0.303 e. The van der Waals surface area contributed by atoms with Crippen LogP contribution in [0.15, 0.2) is 52.6 Å². The van der Waals surface area contributed by atoms with E-state index in [1.54, 1.807) is 7.11 Å². The standard InChI is InChI=1S/C37H49N5O5S/c1-39(2)21-24-14-9-10-19-41(24)37(44)27-16-11-15-26-32(27)30-20-28-31(47-5)18-17-25(23-12-7-6-8-13-23)35(28)42(30)22-29-33(26)34(29)36(43)38-48(45,46)40(3)4/h11,15,17-18,20,23-24,27,32H,6-10,12-14,16,19,21-22H2,1-5H3,(H,38,43)/t24-,27+,32+/m0/s1. The predicted molar refractivity (Wildman–Crippen MR) is 187 cm³/mol. The number of ether oxygens (including phenoxy) is 1. The number of hydrogen-bond acceptors (Lipinski definition) is 6. The lowest BCUT2D eigenvalue weighted by Crippen LogP contribution is -2.51. The number of methoxy groups -OCH3 is 1. The zero-order valence-electron chi connectivity index (χ0n) is 28.9. The highest BCUT2D eigenvalue weighted by Crippen LogP contribution is 2.55. The SMILES string of the molecule is COc1ccc(C2CCCCC2)c2c1cc1n2CC2=C(C(=O)NS(=O)(=O)N(C)C)C2=C2C=CC[C@@H](C(=O)N3CCCC[C@H]3CN(C)C)[C@@H]21. The molecule has 48 heavy (non-hydrogen) atoms. The second-order valence-corrected chi connectivity index (χ2v) is 16.6. The van der Waals surface area contributed by atoms with Crippen molar-refractivity contribution in [2.75, 3.05) is 48.4 Å². The summed E-state index contributed by atoms with van der Waals surface area (Å²) in [5.74, 6) is 0.133. The summed E-state index contributed by atoms with van der Waals surface area (Å²) in [5, 5.41) is 1.03. The fraction of sp³-hybridized carbons (Fsp3) is 0.568. The van der Waals surface area contributed by atoms with Gasteiger partial charge < -0.3 is 19.1 Å². The third kappa shape index (κ3) is 5.71. The van der Waals surface area contributed by atoms with Crippen molar-refractivity contribution in [3.8, 4) is 5.75 Å². The number of nitrogens with one attached hydrogen (secondary N) is 1. The number of carbonyl (C=O) groups is 2. The first kappa shape index (κ1) is 33.1. The number of piperidine rings is 1. The monoisotopic (exact) mass is 675 g/mol. The van der Waals surface area contributed by atoms with E-state index in [1.165, 1.54) is 38.9 Å². The number of hydrogen-bond donors (Lipinski definition) is 1. The molecule has 2 aromatic rings. The Kier molecular flexibility index (Phi) is 8.83. The lowest BCUT2D eigenvalue weighted by molar-refractivity contribution is -0.140. The van der Waals surface area contributed by atoms with E-state index in [9.17, 15) is 18.0 Å². The molecule has 0 spiro atoms. The van der Waals surface area contributed by atoms with E-state index >= 15 is 0 Å². The summed E-state index contributed by atoms with van der Waals surface area (Å²) in [6, 6.07) is 6.69. The number of allylic oxidation sites excluding steroid dienone is 4. The summed E-state index contributed by atoms with van der Waals surface area (Å²) < 4.78 is 37.0. The first-order chi connectivity index (χ1) is 23.0. The Morgan fingerprint density at radius 3 is 2.48 bits per heavy atom. The van der Waals surface area contributed by atoms with Crippen LogP contribution in [0.3, 0.4) is 0 Å². The molecule has 3 heterocycles. The molecule has 258 valence electrons. The normalized spacial score (nSPS) is 24.5. The maximum absolute atomic E-state index is 14.8. The summed E-state index contributed by atoms with van der Waals surface area (Å²) in [5.41, 5.74) is 6.48. The minimum atomic E-state index is -3.98. The molecule has 1 N–H and O–H groups in total. The first-order valence-electron chi connectivity index (χ1n) is 17.6. The highest BCUT2D eigenvalue weighted by molar-refractivity contribution is 7.87. The second-order valence-electron chi connectivity index (χ2n) is 14.7. The Balaban J connectivity index is 1.40. The van der Waals surface area contributed by atoms with Gasteiger partial charge in [-0.3, -0.25) is 9.59 Å². The van der Waals surface area contributed by atoms with Crippen LogP contribution in [0.5, 0.6) is 5.75 Å². The van der Waals surface area contributed by atoms with Crippen molar-refractivity contribution < 1.29 is 22.7 Å². The largest absolute Gasteiger partial charge is 0.496 e. The van der Waals surface area contributed by atoms with Gasteiger partial charge in [-0.05, 0) is 93.0 Å². The van der Waals surface area contributed by atoms with Crippen LogP contribution in [0, 0.1) is 5.92 Å². The van der Waals surface area contributed by atoms with Gasteiger partial charge in [-0.25, -0.2) is 4.72 Å². The quantitative estimate of drug-likeness (QED) is 0.430. The van der Waals surface area contributed by atoms with Crippen molar-refractivity contribution in [2.24, 2.45) is 5.92 Å². The molecule has 1 saturated carbocycles. The Morgan fingerprint density at radius 2 is 1.77 bits per heavy atom. The summed E-state index contributed by atoms with van der Waals surface area (Å²) in [6.45, 7) is 2.01. The van der Waals surface area contributed by atoms with Gasteiger partial charge in [-0.1, -0.05) is 37.5 Å². The Bertz CT molecular complexity index is 1850. The molecule has 10 nitrogen and oxygen atoms in total. The van der Waals surface area contributed by atoms with Gasteiger partial charge in [0.1, 0.15) is 5.75 Å². The molecule has 3 aliphatic carbocycles. The average Bonchev–Trinajstić information content (AvgIpc) is 3.70. The predicted octanol–water partition coefficient (Wildman–Crippen LogP) is 4.84. The molecular weight excluding hydrogens is 627 g/mol. The van der Waals surface area contributed by atoms with Gasteiger partial charge >= 0.3 is 10.2 Å². The van der Waals surface area contributed by atoms with Crippen LogP contribution < -0.4 is 9.46 Å². The average molecular weight is 676 g/mol. The number of amides is 2. The Morgan fingerprint density at radius 1 is 1.02 bits per heavy atom. The molecular formula is C37H49N5O5S. The summed E-state index contributed by atoms with van der Waals surface area (Å²) in [6.07, 6.45) is 13.8. The fourth-order valence-corrected chi connectivity index (χ4v) is 9.40. The zero-order chi connectivity index (χ0) is 33.9. The first-order valence-corrected chi connectivity index (χ1v) is 19.0. The lowest BCUT2D eigenvalue weighted by atomic mass is 9.75. The Labute approximate surface area is 284 Å². The number of nitrogens with zero attached hydrogens (tertiary/aromatic N) is 4. The molecule has 0 bridgehead atoms. The zero-order valence-corrected chi connectivity index (χ0v) is 29.7. The van der Waals surface area contributed by atoms with Crippen LogP contribution >= 0.6 is 0 Å². The van der Waals surface area contributed by atoms with Gasteiger partial charge in [0.25, 0.3) is 5.91 Å². The summed E-state index contributed by atoms with van der Waals surface area (Å²) >= 11 is 0. The van der Waals surface area contributed by atoms with Gasteiger partial charge in [0.2, 0.25) is 5.91 Å². The highest BCUT2D eigenvalue weighted by atomic mass is 32.2. The second kappa shape index (κ2) is 12.8. The van der Waals surface area contributed by atoms with E-state index in [0.29, 0.717) is 24.5 Å². The van der Waals surface area contributed by atoms with E-state index in [2.05, 4.69) is 63.5 Å². The molecule has 1 aromatic heterocycles. The molecule has 3 atom stereocenters. The van der Waals surface area contributed by atoms with Crippen LogP contribution in [0.2, 0.25) is 0 Å². The molecule has 1 aromatic carbocycles. The number of likely N-dealkylation sites (tertiary alicyclic amines) is 1. The number of rotatable bonds is 8. The topological polar surface area (TPSA) is 104 Å². The summed E-state index contributed by atoms with van der Waals surface area (Å²) in [4.78, 5) is 32.8. The third-order valence-corrected chi connectivity index (χ3v) is 12.6. The molecule has 11 heteroatoms. The van der Waals surface area contributed by atoms with Crippen LogP contribution in [-0.2, 0) is 26.3 Å². The van der Waals surface area contributed by atoms with E-state index in [4.69, 9.17) is 4.74 Å². The third-order valence-electron chi connectivity index (χ3n) is 11.2. The Hall–Kier alpha value is -3.41. The van der Waals surface area contributed by atoms with Gasteiger partial charge in [-0.15, -0.1) is 0 Å². The number of likely N-dealkylation sites (N-methyl/N-ethyl adjacent to an activating group) is 1. The molecule has 7 rings (SSSR count). The summed E-state index contributed by atoms with van der Waals surface area (Å²) in [7, 11) is 4.65. The molecule has 1 saturated heterocycles. The van der Waals surface area contributed by atoms with Crippen LogP contribution in [0.25, 0.3) is 10.9 Å². The number of benzene rings is 1. The van der Waals surface area contributed by atoms with Gasteiger partial charge in [0.15, 0.2) is 0 Å². The minimum Gasteiger partial charge on any atom is -0.496 e. The van der Waals surface area contributed by atoms with E-state index in [1.807, 2.05) is 0 Å². The number of aromatic nitrogens is 1. The van der Waals surface area contributed by atoms with E-state index < -0.39 is 16.1 Å². The molecule has 0 unspecified atom stereocenters. The van der Waals surface area contributed by atoms with Gasteiger partial charge in [-0.2, -0.15) is 12.7 Å². The molecule has 0 radical (unpaired) electrons. The van der Waals surface area contributed by atoms with E-state index in [-0.39, 0.29) is 23.8 Å². The smallest absolute Gasteiger partial charge is 0.303 e. The molecule has 2 amide bonds. The molecule has 2 aliphatic heterocycles. The van der Waals surface area contributed by atoms with Crippen LogP contribution in [0.4, 0.5) is 0 Å². The van der Waals surface area contributed by atoms with Gasteiger partial charge in [0, 0.05) is 56.8 Å². The maximum atomic E-state index is 14.8. The molecule has 2 fully saturated rings. The van der Waals surface area contributed by atoms with Crippen molar-refractivity contribution in [2.45, 2.75) is 82.2 Å². The minimum absolute atomic E-state index is 0.157. The lowest BCUT2D eigenvalue weighted by Gasteiger charge is -2.41. The van der Waals surface area contributed by atoms with Crippen molar-refractivity contribution in [1.82, 2.24) is 23.4 Å². The van der Waals surface area contributed by atoms with Crippen molar-refractivity contribution in [3.63, 3.8) is 0 Å². The van der Waals surface area contributed by atoms with Crippen molar-refractivity contribution in [3.05, 3.63) is 63.9 Å².